The van der Waals surface area contributed by atoms with Crippen LogP contribution in [0.15, 0.2) is 48.5 Å². The van der Waals surface area contributed by atoms with Gasteiger partial charge in [0.2, 0.25) is 10.0 Å². The fraction of sp³-hybridized carbons (Fsp3) is 0.350. The molecule has 6 nitrogen and oxygen atoms in total. The number of piperazine rings is 1. The smallest absolute Gasteiger partial charge is 0.263 e. The van der Waals surface area contributed by atoms with Gasteiger partial charge in [0.25, 0.3) is 5.91 Å². The summed E-state index contributed by atoms with van der Waals surface area (Å²) >= 11 is 12.0. The van der Waals surface area contributed by atoms with Crippen LogP contribution in [0.25, 0.3) is 0 Å². The summed E-state index contributed by atoms with van der Waals surface area (Å²) in [5, 5.41) is 0.808. The summed E-state index contributed by atoms with van der Waals surface area (Å²) in [5.74, 6) is 0.119. The first kappa shape index (κ1) is 21.9. The maximum Gasteiger partial charge on any atom is 0.263 e. The molecule has 2 aromatic rings. The monoisotopic (exact) mass is 456 g/mol. The minimum absolute atomic E-state index is 0.0453. The van der Waals surface area contributed by atoms with E-state index in [1.54, 1.807) is 42.2 Å². The Morgan fingerprint density at radius 2 is 1.72 bits per heavy atom. The molecule has 1 fully saturated rings. The Bertz CT molecular complexity index is 962. The second-order valence-corrected chi connectivity index (χ2v) is 9.61. The number of nitrogens with zero attached hydrogens (tertiary/aromatic N) is 2. The van der Waals surface area contributed by atoms with E-state index >= 15 is 0 Å². The molecule has 0 bridgehead atoms. The number of rotatable bonds is 6. The Hall–Kier alpha value is -1.80. The van der Waals surface area contributed by atoms with Crippen molar-refractivity contribution in [1.82, 2.24) is 9.21 Å². The fourth-order valence-electron chi connectivity index (χ4n) is 3.13. The highest BCUT2D eigenvalue weighted by Gasteiger charge is 2.31. The molecule has 1 atom stereocenters. The average molecular weight is 457 g/mol. The van der Waals surface area contributed by atoms with E-state index in [1.165, 1.54) is 4.31 Å². The van der Waals surface area contributed by atoms with Crippen LogP contribution in [0.1, 0.15) is 12.5 Å². The molecule has 156 valence electrons. The number of sulfonamides is 1. The van der Waals surface area contributed by atoms with E-state index in [9.17, 15) is 13.2 Å². The van der Waals surface area contributed by atoms with Gasteiger partial charge in [0.05, 0.1) is 10.8 Å². The summed E-state index contributed by atoms with van der Waals surface area (Å²) < 4.78 is 32.4. The molecule has 2 aromatic carbocycles. The van der Waals surface area contributed by atoms with Crippen LogP contribution in [-0.2, 0) is 20.6 Å². The zero-order valence-corrected chi connectivity index (χ0v) is 18.3. The first-order chi connectivity index (χ1) is 13.8. The molecule has 1 unspecified atom stereocenters. The van der Waals surface area contributed by atoms with E-state index in [0.717, 1.165) is 5.56 Å². The van der Waals surface area contributed by atoms with Crippen molar-refractivity contribution in [1.29, 1.82) is 0 Å². The predicted molar refractivity (Wildman–Crippen MR) is 114 cm³/mol. The van der Waals surface area contributed by atoms with E-state index < -0.39 is 16.1 Å². The lowest BCUT2D eigenvalue weighted by molar-refractivity contribution is -0.139. The third kappa shape index (κ3) is 5.63. The third-order valence-corrected chi connectivity index (χ3v) is 7.06. The van der Waals surface area contributed by atoms with Crippen LogP contribution in [0.5, 0.6) is 5.75 Å². The van der Waals surface area contributed by atoms with Gasteiger partial charge in [-0.2, -0.15) is 4.31 Å². The maximum absolute atomic E-state index is 12.7. The zero-order chi connectivity index (χ0) is 21.0. The molecule has 1 saturated heterocycles. The standard InChI is InChI=1S/C20H22Cl2N2O4S/c1-15(28-19-8-7-17(21)13-18(19)22)20(25)23-9-11-24(12-10-23)29(26,27)14-16-5-3-2-4-6-16/h2-8,13,15H,9-12,14H2,1H3. The summed E-state index contributed by atoms with van der Waals surface area (Å²) in [6.45, 7) is 2.79. The molecule has 1 aliphatic rings. The summed E-state index contributed by atoms with van der Waals surface area (Å²) in [6.07, 6.45) is -0.749. The van der Waals surface area contributed by atoms with Crippen molar-refractivity contribution in [3.05, 3.63) is 64.1 Å². The second kappa shape index (κ2) is 9.34. The van der Waals surface area contributed by atoms with Gasteiger partial charge < -0.3 is 9.64 Å². The van der Waals surface area contributed by atoms with Gasteiger partial charge in [-0.3, -0.25) is 4.79 Å². The average Bonchev–Trinajstić information content (AvgIpc) is 2.70. The van der Waals surface area contributed by atoms with E-state index in [1.807, 2.05) is 18.2 Å². The minimum Gasteiger partial charge on any atom is -0.479 e. The molecule has 29 heavy (non-hydrogen) atoms. The van der Waals surface area contributed by atoms with E-state index in [2.05, 4.69) is 0 Å². The van der Waals surface area contributed by atoms with Gasteiger partial charge in [-0.15, -0.1) is 0 Å². The summed E-state index contributed by atoms with van der Waals surface area (Å²) in [4.78, 5) is 14.3. The van der Waals surface area contributed by atoms with Gasteiger partial charge in [-0.25, -0.2) is 8.42 Å². The Morgan fingerprint density at radius 1 is 1.07 bits per heavy atom. The summed E-state index contributed by atoms with van der Waals surface area (Å²) in [6, 6.07) is 13.9. The SMILES string of the molecule is CC(Oc1ccc(Cl)cc1Cl)C(=O)N1CCN(S(=O)(=O)Cc2ccccc2)CC1. The Balaban J connectivity index is 1.56. The molecule has 1 amide bonds. The largest absolute Gasteiger partial charge is 0.479 e. The first-order valence-corrected chi connectivity index (χ1v) is 11.5. The fourth-order valence-corrected chi connectivity index (χ4v) is 5.10. The molecule has 1 heterocycles. The van der Waals surface area contributed by atoms with Crippen LogP contribution in [-0.4, -0.2) is 55.8 Å². The number of amides is 1. The lowest BCUT2D eigenvalue weighted by Gasteiger charge is -2.35. The van der Waals surface area contributed by atoms with Gasteiger partial charge in [0, 0.05) is 31.2 Å². The molecule has 3 rings (SSSR count). The van der Waals surface area contributed by atoms with Gasteiger partial charge >= 0.3 is 0 Å². The highest BCUT2D eigenvalue weighted by atomic mass is 35.5. The molecule has 9 heteroatoms. The number of benzene rings is 2. The van der Waals surface area contributed by atoms with Crippen LogP contribution in [0.4, 0.5) is 0 Å². The van der Waals surface area contributed by atoms with Crippen molar-refractivity contribution >= 4 is 39.1 Å². The number of carbonyl (C=O) groups is 1. The first-order valence-electron chi connectivity index (χ1n) is 9.18. The van der Waals surface area contributed by atoms with Gasteiger partial charge in [-0.05, 0) is 30.7 Å². The van der Waals surface area contributed by atoms with Crippen molar-refractivity contribution in [3.63, 3.8) is 0 Å². The van der Waals surface area contributed by atoms with Crippen molar-refractivity contribution in [2.45, 2.75) is 18.8 Å². The number of halogens is 2. The van der Waals surface area contributed by atoms with Crippen molar-refractivity contribution in [2.24, 2.45) is 0 Å². The quantitative estimate of drug-likeness (QED) is 0.667. The minimum atomic E-state index is -3.43. The van der Waals surface area contributed by atoms with Crippen LogP contribution >= 0.6 is 23.2 Å². The molecule has 0 aromatic heterocycles. The highest BCUT2D eigenvalue weighted by molar-refractivity contribution is 7.88. The van der Waals surface area contributed by atoms with Crippen LogP contribution in [0.3, 0.4) is 0 Å². The highest BCUT2D eigenvalue weighted by Crippen LogP contribution is 2.28. The van der Waals surface area contributed by atoms with Crippen molar-refractivity contribution in [3.8, 4) is 5.75 Å². The van der Waals surface area contributed by atoms with Crippen LogP contribution < -0.4 is 4.74 Å². The zero-order valence-electron chi connectivity index (χ0n) is 15.9. The number of hydrogen-bond acceptors (Lipinski definition) is 4. The second-order valence-electron chi connectivity index (χ2n) is 6.80. The normalized spacial score (nSPS) is 16.4. The maximum atomic E-state index is 12.7. The molecule has 0 saturated carbocycles. The lowest BCUT2D eigenvalue weighted by atomic mass is 10.2. The van der Waals surface area contributed by atoms with Crippen LogP contribution in [0.2, 0.25) is 10.0 Å². The van der Waals surface area contributed by atoms with Crippen molar-refractivity contribution < 1.29 is 17.9 Å². The molecule has 0 spiro atoms. The lowest BCUT2D eigenvalue weighted by Crippen LogP contribution is -2.53. The topological polar surface area (TPSA) is 66.9 Å². The van der Waals surface area contributed by atoms with E-state index in [4.69, 9.17) is 27.9 Å². The Kier molecular flexibility index (Phi) is 7.05. The van der Waals surface area contributed by atoms with E-state index in [-0.39, 0.29) is 24.7 Å². The Morgan fingerprint density at radius 3 is 2.34 bits per heavy atom. The predicted octanol–water partition coefficient (Wildman–Crippen LogP) is 3.43. The van der Waals surface area contributed by atoms with Gasteiger partial charge in [0.1, 0.15) is 5.75 Å². The van der Waals surface area contributed by atoms with Gasteiger partial charge in [0.15, 0.2) is 6.10 Å². The van der Waals surface area contributed by atoms with E-state index in [0.29, 0.717) is 28.9 Å². The number of hydrogen-bond donors (Lipinski definition) is 0. The molecular weight excluding hydrogens is 435 g/mol. The third-order valence-electron chi connectivity index (χ3n) is 4.68. The van der Waals surface area contributed by atoms with Gasteiger partial charge in [-0.1, -0.05) is 53.5 Å². The molecule has 1 aliphatic heterocycles. The summed E-state index contributed by atoms with van der Waals surface area (Å²) in [7, 11) is -3.43. The van der Waals surface area contributed by atoms with Crippen molar-refractivity contribution in [2.75, 3.05) is 26.2 Å². The molecular formula is C20H22Cl2N2O4S. The molecule has 0 radical (unpaired) electrons. The summed E-state index contributed by atoms with van der Waals surface area (Å²) in [5.41, 5.74) is 0.743. The van der Waals surface area contributed by atoms with Crippen LogP contribution in [0, 0.1) is 0 Å². The Labute approximate surface area is 181 Å². The molecule has 0 aliphatic carbocycles. The molecule has 0 N–H and O–H groups in total. The number of carbonyl (C=O) groups excluding carboxylic acids is 1. The number of ether oxygens (including phenoxy) is 1.